The number of halogens is 3. The van der Waals surface area contributed by atoms with Crippen LogP contribution in [0.15, 0.2) is 12.1 Å². The molecule has 2 rings (SSSR count). The van der Waals surface area contributed by atoms with Crippen molar-refractivity contribution in [2.24, 2.45) is 5.92 Å². The third kappa shape index (κ3) is 2.74. The highest BCUT2D eigenvalue weighted by Crippen LogP contribution is 2.24. The molecule has 1 heterocycles. The first kappa shape index (κ1) is 13.9. The van der Waals surface area contributed by atoms with Gasteiger partial charge in [-0.2, -0.15) is 0 Å². The minimum atomic E-state index is -1.54. The normalized spacial score (nSPS) is 23.5. The lowest BCUT2D eigenvalue weighted by atomic mass is 9.94. The smallest absolute Gasteiger partial charge is 0.254 e. The molecule has 104 valence electrons. The molecule has 1 fully saturated rings. The van der Waals surface area contributed by atoms with Gasteiger partial charge in [0.1, 0.15) is 0 Å². The average Bonchev–Trinajstić information content (AvgIpc) is 2.37. The van der Waals surface area contributed by atoms with Crippen LogP contribution in [0.2, 0.25) is 0 Å². The summed E-state index contributed by atoms with van der Waals surface area (Å²) in [5.41, 5.74) is -0.141. The van der Waals surface area contributed by atoms with Gasteiger partial charge >= 0.3 is 0 Å². The van der Waals surface area contributed by atoms with Crippen LogP contribution in [0.4, 0.5) is 13.2 Å². The number of piperidine rings is 1. The van der Waals surface area contributed by atoms with E-state index in [2.05, 4.69) is 0 Å². The van der Waals surface area contributed by atoms with Gasteiger partial charge in [0, 0.05) is 18.2 Å². The lowest BCUT2D eigenvalue weighted by molar-refractivity contribution is 0.0573. The Balaban J connectivity index is 2.28. The summed E-state index contributed by atoms with van der Waals surface area (Å²) in [6, 6.07) is 1.54. The Bertz CT molecular complexity index is 480. The van der Waals surface area contributed by atoms with E-state index in [1.807, 2.05) is 13.8 Å². The third-order valence-corrected chi connectivity index (χ3v) is 3.61. The number of likely N-dealkylation sites (tertiary alicyclic amines) is 1. The van der Waals surface area contributed by atoms with Gasteiger partial charge in [0.25, 0.3) is 5.91 Å². The topological polar surface area (TPSA) is 20.3 Å². The van der Waals surface area contributed by atoms with Crippen molar-refractivity contribution < 1.29 is 18.0 Å². The number of benzene rings is 1. The van der Waals surface area contributed by atoms with E-state index in [9.17, 15) is 18.0 Å². The predicted molar refractivity (Wildman–Crippen MR) is 65.2 cm³/mol. The van der Waals surface area contributed by atoms with Crippen LogP contribution in [-0.4, -0.2) is 23.4 Å². The molecule has 5 heteroatoms. The quantitative estimate of drug-likeness (QED) is 0.717. The second-order valence-corrected chi connectivity index (χ2v) is 5.24. The highest BCUT2D eigenvalue weighted by atomic mass is 19.2. The average molecular weight is 271 g/mol. The molecular weight excluding hydrogens is 255 g/mol. The molecule has 0 aliphatic carbocycles. The summed E-state index contributed by atoms with van der Waals surface area (Å²) in [6.07, 6.45) is 1.89. The van der Waals surface area contributed by atoms with Gasteiger partial charge in [0.05, 0.1) is 0 Å². The summed E-state index contributed by atoms with van der Waals surface area (Å²) in [4.78, 5) is 13.8. The van der Waals surface area contributed by atoms with E-state index in [0.29, 0.717) is 12.5 Å². The van der Waals surface area contributed by atoms with Gasteiger partial charge in [-0.05, 0) is 37.8 Å². The van der Waals surface area contributed by atoms with Crippen LogP contribution >= 0.6 is 0 Å². The Labute approximate surface area is 110 Å². The van der Waals surface area contributed by atoms with Gasteiger partial charge in [-0.15, -0.1) is 0 Å². The Hall–Kier alpha value is -1.52. The van der Waals surface area contributed by atoms with E-state index in [1.54, 1.807) is 4.90 Å². The SMILES string of the molecule is CC1CCC(C)N(C(=O)c2cc(F)c(F)c(F)c2)C1. The molecule has 1 aliphatic heterocycles. The summed E-state index contributed by atoms with van der Waals surface area (Å²) in [7, 11) is 0. The number of amides is 1. The van der Waals surface area contributed by atoms with Gasteiger partial charge < -0.3 is 4.90 Å². The molecule has 2 unspecified atom stereocenters. The summed E-state index contributed by atoms with van der Waals surface area (Å²) in [5.74, 6) is -4.30. The molecule has 0 spiro atoms. The number of hydrogen-bond donors (Lipinski definition) is 0. The number of rotatable bonds is 1. The highest BCUT2D eigenvalue weighted by Gasteiger charge is 2.28. The van der Waals surface area contributed by atoms with Crippen molar-refractivity contribution in [1.29, 1.82) is 0 Å². The highest BCUT2D eigenvalue weighted by molar-refractivity contribution is 5.94. The van der Waals surface area contributed by atoms with Crippen LogP contribution in [0.5, 0.6) is 0 Å². The van der Waals surface area contributed by atoms with Crippen LogP contribution in [0.1, 0.15) is 37.0 Å². The molecule has 0 saturated carbocycles. The van der Waals surface area contributed by atoms with Crippen molar-refractivity contribution in [3.05, 3.63) is 35.1 Å². The summed E-state index contributed by atoms with van der Waals surface area (Å²) < 4.78 is 39.2. The van der Waals surface area contributed by atoms with Gasteiger partial charge in [-0.1, -0.05) is 6.92 Å². The predicted octanol–water partition coefficient (Wildman–Crippen LogP) is 3.36. The van der Waals surface area contributed by atoms with Gasteiger partial charge in [0.15, 0.2) is 17.5 Å². The zero-order valence-electron chi connectivity index (χ0n) is 10.9. The molecule has 0 N–H and O–H groups in total. The first-order valence-electron chi connectivity index (χ1n) is 6.35. The van der Waals surface area contributed by atoms with Crippen LogP contribution in [0.3, 0.4) is 0 Å². The number of carbonyl (C=O) groups excluding carboxylic acids is 1. The maximum Gasteiger partial charge on any atom is 0.254 e. The molecule has 0 aromatic heterocycles. The van der Waals surface area contributed by atoms with Crippen LogP contribution in [0, 0.1) is 23.4 Å². The number of carbonyl (C=O) groups is 1. The molecule has 1 aromatic carbocycles. The fraction of sp³-hybridized carbons (Fsp3) is 0.500. The Morgan fingerprint density at radius 2 is 1.74 bits per heavy atom. The summed E-state index contributed by atoms with van der Waals surface area (Å²) in [5, 5.41) is 0. The first-order chi connectivity index (χ1) is 8.90. The van der Waals surface area contributed by atoms with Gasteiger partial charge in [0.2, 0.25) is 0 Å². The molecule has 2 atom stereocenters. The second-order valence-electron chi connectivity index (χ2n) is 5.24. The molecule has 1 aliphatic rings. The van der Waals surface area contributed by atoms with Gasteiger partial charge in [-0.25, -0.2) is 13.2 Å². The maximum absolute atomic E-state index is 13.2. The van der Waals surface area contributed by atoms with E-state index >= 15 is 0 Å². The lowest BCUT2D eigenvalue weighted by Gasteiger charge is -2.36. The second kappa shape index (κ2) is 5.23. The lowest BCUT2D eigenvalue weighted by Crippen LogP contribution is -2.45. The zero-order chi connectivity index (χ0) is 14.2. The first-order valence-corrected chi connectivity index (χ1v) is 6.35. The third-order valence-electron chi connectivity index (χ3n) is 3.61. The Kier molecular flexibility index (Phi) is 3.83. The van der Waals surface area contributed by atoms with Crippen LogP contribution in [-0.2, 0) is 0 Å². The van der Waals surface area contributed by atoms with Crippen molar-refractivity contribution in [3.63, 3.8) is 0 Å². The molecule has 19 heavy (non-hydrogen) atoms. The van der Waals surface area contributed by atoms with E-state index in [0.717, 1.165) is 25.0 Å². The fourth-order valence-corrected chi connectivity index (χ4v) is 2.42. The van der Waals surface area contributed by atoms with E-state index < -0.39 is 23.4 Å². The maximum atomic E-state index is 13.2. The molecule has 1 saturated heterocycles. The standard InChI is InChI=1S/C14H16F3NO/c1-8-3-4-9(2)18(7-8)14(19)10-5-11(15)13(17)12(16)6-10/h5-6,8-9H,3-4,7H2,1-2H3. The fourth-order valence-electron chi connectivity index (χ4n) is 2.42. The number of hydrogen-bond acceptors (Lipinski definition) is 1. The Morgan fingerprint density at radius 3 is 2.32 bits per heavy atom. The molecule has 0 radical (unpaired) electrons. The monoisotopic (exact) mass is 271 g/mol. The molecule has 1 amide bonds. The summed E-state index contributed by atoms with van der Waals surface area (Å²) >= 11 is 0. The van der Waals surface area contributed by atoms with E-state index in [1.165, 1.54) is 0 Å². The van der Waals surface area contributed by atoms with Gasteiger partial charge in [-0.3, -0.25) is 4.79 Å². The van der Waals surface area contributed by atoms with Crippen molar-refractivity contribution in [1.82, 2.24) is 4.90 Å². The molecule has 2 nitrogen and oxygen atoms in total. The van der Waals surface area contributed by atoms with Crippen molar-refractivity contribution in [2.75, 3.05) is 6.54 Å². The minimum absolute atomic E-state index is 0.0277. The molecule has 0 bridgehead atoms. The minimum Gasteiger partial charge on any atom is -0.336 e. The summed E-state index contributed by atoms with van der Waals surface area (Å²) in [6.45, 7) is 4.48. The van der Waals surface area contributed by atoms with Crippen molar-refractivity contribution in [2.45, 2.75) is 32.7 Å². The molecular formula is C14H16F3NO. The Morgan fingerprint density at radius 1 is 1.16 bits per heavy atom. The van der Waals surface area contributed by atoms with E-state index in [4.69, 9.17) is 0 Å². The van der Waals surface area contributed by atoms with Crippen molar-refractivity contribution >= 4 is 5.91 Å². The number of nitrogens with zero attached hydrogens (tertiary/aromatic N) is 1. The molecule has 1 aromatic rings. The van der Waals surface area contributed by atoms with E-state index in [-0.39, 0.29) is 11.6 Å². The largest absolute Gasteiger partial charge is 0.336 e. The zero-order valence-corrected chi connectivity index (χ0v) is 10.9. The van der Waals surface area contributed by atoms with Crippen molar-refractivity contribution in [3.8, 4) is 0 Å². The van der Waals surface area contributed by atoms with Crippen LogP contribution in [0.25, 0.3) is 0 Å². The van der Waals surface area contributed by atoms with Crippen LogP contribution < -0.4 is 0 Å².